The quantitative estimate of drug-likeness (QED) is 0.511. The van der Waals surface area contributed by atoms with Crippen molar-refractivity contribution in [1.82, 2.24) is 10.3 Å². The molecule has 0 saturated heterocycles. The van der Waals surface area contributed by atoms with Crippen molar-refractivity contribution in [2.45, 2.75) is 38.0 Å². The number of carbonyl (C=O) groups is 2. The normalized spacial score (nSPS) is 16.4. The Balaban J connectivity index is 1.70. The van der Waals surface area contributed by atoms with E-state index < -0.39 is 11.9 Å². The van der Waals surface area contributed by atoms with Gasteiger partial charge < -0.3 is 10.1 Å². The van der Waals surface area contributed by atoms with Gasteiger partial charge in [0.2, 0.25) is 11.9 Å². The van der Waals surface area contributed by atoms with E-state index in [1.165, 1.54) is 13.3 Å². The summed E-state index contributed by atoms with van der Waals surface area (Å²) in [6, 6.07) is 11.2. The molecule has 1 aliphatic rings. The van der Waals surface area contributed by atoms with Gasteiger partial charge in [-0.3, -0.25) is 4.79 Å². The van der Waals surface area contributed by atoms with Gasteiger partial charge in [0.15, 0.2) is 0 Å². The maximum atomic E-state index is 14.1. The summed E-state index contributed by atoms with van der Waals surface area (Å²) < 4.78 is 19.9. The van der Waals surface area contributed by atoms with Gasteiger partial charge in [-0.15, -0.1) is 0 Å². The molecule has 29 heavy (non-hydrogen) atoms. The van der Waals surface area contributed by atoms with Gasteiger partial charge in [0, 0.05) is 28.4 Å². The lowest BCUT2D eigenvalue weighted by atomic mass is 9.82. The van der Waals surface area contributed by atoms with Gasteiger partial charge in [0.1, 0.15) is 0 Å². The third-order valence-corrected chi connectivity index (χ3v) is 5.59. The fourth-order valence-corrected chi connectivity index (χ4v) is 3.78. The van der Waals surface area contributed by atoms with Crippen molar-refractivity contribution in [3.63, 3.8) is 0 Å². The molecule has 0 radical (unpaired) electrons. The predicted octanol–water partition coefficient (Wildman–Crippen LogP) is 4.43. The van der Waals surface area contributed by atoms with Gasteiger partial charge in [-0.05, 0) is 55.4 Å². The van der Waals surface area contributed by atoms with Crippen LogP contribution in [0.25, 0.3) is 0 Å². The van der Waals surface area contributed by atoms with Gasteiger partial charge in [-0.1, -0.05) is 34.1 Å². The molecule has 1 amide bonds. The summed E-state index contributed by atoms with van der Waals surface area (Å²) in [5.41, 5.74) is 2.50. The number of halogens is 2. The van der Waals surface area contributed by atoms with Crippen molar-refractivity contribution >= 4 is 27.8 Å². The number of amides is 1. The molecule has 7 heteroatoms. The minimum absolute atomic E-state index is 0.157. The molecule has 3 rings (SSSR count). The van der Waals surface area contributed by atoms with Crippen LogP contribution >= 0.6 is 15.9 Å². The highest BCUT2D eigenvalue weighted by Gasteiger charge is 2.29. The number of nitrogens with zero attached hydrogens (tertiary/aromatic N) is 1. The molecule has 152 valence electrons. The minimum atomic E-state index is -0.524. The van der Waals surface area contributed by atoms with E-state index in [-0.39, 0.29) is 11.8 Å². The SMILES string of the molecule is COC(=O)C1=C(NC(=O)CCc2ccc(Br)cc2)CCC(c2cccnc2F)C1. The maximum Gasteiger partial charge on any atom is 0.335 e. The molecule has 1 aliphatic carbocycles. The number of aryl methyl sites for hydroxylation is 1. The zero-order valence-electron chi connectivity index (χ0n) is 16.1. The molecule has 0 aliphatic heterocycles. The first-order valence-corrected chi connectivity index (χ1v) is 10.2. The number of ether oxygens (including phenoxy) is 1. The minimum Gasteiger partial charge on any atom is -0.466 e. The summed E-state index contributed by atoms with van der Waals surface area (Å²) in [4.78, 5) is 28.4. The molecule has 1 N–H and O–H groups in total. The van der Waals surface area contributed by atoms with Gasteiger partial charge in [0.25, 0.3) is 0 Å². The third kappa shape index (κ3) is 5.50. The van der Waals surface area contributed by atoms with Crippen LogP contribution in [0, 0.1) is 5.95 Å². The van der Waals surface area contributed by atoms with E-state index >= 15 is 0 Å². The van der Waals surface area contributed by atoms with Gasteiger partial charge in [-0.2, -0.15) is 4.39 Å². The average Bonchev–Trinajstić information content (AvgIpc) is 2.73. The first-order chi connectivity index (χ1) is 14.0. The number of methoxy groups -OCH3 is 1. The lowest BCUT2D eigenvalue weighted by molar-refractivity contribution is -0.136. The second-order valence-electron chi connectivity index (χ2n) is 6.95. The highest BCUT2D eigenvalue weighted by atomic mass is 79.9. The maximum absolute atomic E-state index is 14.1. The third-order valence-electron chi connectivity index (χ3n) is 5.06. The molecular formula is C22H22BrFN2O3. The number of pyridine rings is 1. The highest BCUT2D eigenvalue weighted by molar-refractivity contribution is 9.10. The standard InChI is InChI=1S/C22H22BrFN2O3/c1-29-22(28)18-13-15(17-3-2-12-25-21(17)24)7-10-19(18)26-20(27)11-6-14-4-8-16(23)9-5-14/h2-5,8-9,12,15H,6-7,10-11,13H2,1H3,(H,26,27). The van der Waals surface area contributed by atoms with Crippen LogP contribution in [0.2, 0.25) is 0 Å². The van der Waals surface area contributed by atoms with Gasteiger partial charge in [-0.25, -0.2) is 9.78 Å². The average molecular weight is 461 g/mol. The van der Waals surface area contributed by atoms with Crippen LogP contribution in [0.4, 0.5) is 4.39 Å². The summed E-state index contributed by atoms with van der Waals surface area (Å²) in [5.74, 6) is -1.36. The number of esters is 1. The number of hydrogen-bond donors (Lipinski definition) is 1. The number of benzene rings is 1. The summed E-state index contributed by atoms with van der Waals surface area (Å²) in [6.45, 7) is 0. The number of hydrogen-bond acceptors (Lipinski definition) is 4. The van der Waals surface area contributed by atoms with Crippen LogP contribution < -0.4 is 5.32 Å². The summed E-state index contributed by atoms with van der Waals surface area (Å²) in [7, 11) is 1.30. The number of nitrogens with one attached hydrogen (secondary N) is 1. The monoisotopic (exact) mass is 460 g/mol. The second-order valence-corrected chi connectivity index (χ2v) is 7.86. The molecule has 2 aromatic rings. The van der Waals surface area contributed by atoms with Crippen molar-refractivity contribution in [3.8, 4) is 0 Å². The Hall–Kier alpha value is -2.54. The Morgan fingerprint density at radius 1 is 1.28 bits per heavy atom. The molecule has 0 fully saturated rings. The molecule has 0 spiro atoms. The van der Waals surface area contributed by atoms with Crippen LogP contribution in [-0.4, -0.2) is 24.0 Å². The first-order valence-electron chi connectivity index (χ1n) is 9.43. The Morgan fingerprint density at radius 3 is 2.72 bits per heavy atom. The lowest BCUT2D eigenvalue weighted by Crippen LogP contribution is -2.29. The van der Waals surface area contributed by atoms with Crippen LogP contribution in [0.3, 0.4) is 0 Å². The van der Waals surface area contributed by atoms with E-state index in [4.69, 9.17) is 4.74 Å². The Morgan fingerprint density at radius 2 is 2.03 bits per heavy atom. The zero-order valence-corrected chi connectivity index (χ0v) is 17.7. The molecule has 0 saturated carbocycles. The number of carbonyl (C=O) groups excluding carboxylic acids is 2. The van der Waals surface area contributed by atoms with Crippen molar-refractivity contribution in [3.05, 3.63) is 75.4 Å². The molecular weight excluding hydrogens is 439 g/mol. The molecule has 5 nitrogen and oxygen atoms in total. The van der Waals surface area contributed by atoms with E-state index in [0.717, 1.165) is 10.0 Å². The number of allylic oxidation sites excluding steroid dienone is 1. The molecule has 1 aromatic heterocycles. The number of rotatable bonds is 6. The molecule has 1 atom stereocenters. The predicted molar refractivity (Wildman–Crippen MR) is 110 cm³/mol. The Labute approximate surface area is 177 Å². The van der Waals surface area contributed by atoms with Crippen LogP contribution in [0.15, 0.2) is 58.3 Å². The van der Waals surface area contributed by atoms with Crippen molar-refractivity contribution in [2.75, 3.05) is 7.11 Å². The van der Waals surface area contributed by atoms with Crippen molar-refractivity contribution in [1.29, 1.82) is 0 Å². The van der Waals surface area contributed by atoms with Crippen LogP contribution in [0.5, 0.6) is 0 Å². The van der Waals surface area contributed by atoms with Crippen molar-refractivity contribution in [2.24, 2.45) is 0 Å². The zero-order chi connectivity index (χ0) is 20.8. The Kier molecular flexibility index (Phi) is 7.14. The summed E-state index contributed by atoms with van der Waals surface area (Å²) >= 11 is 3.39. The van der Waals surface area contributed by atoms with E-state index in [2.05, 4.69) is 26.2 Å². The summed E-state index contributed by atoms with van der Waals surface area (Å²) in [5, 5.41) is 2.87. The fourth-order valence-electron chi connectivity index (χ4n) is 3.52. The summed E-state index contributed by atoms with van der Waals surface area (Å²) in [6.07, 6.45) is 3.69. The van der Waals surface area contributed by atoms with Crippen molar-refractivity contribution < 1.29 is 18.7 Å². The van der Waals surface area contributed by atoms with E-state index in [9.17, 15) is 14.0 Å². The van der Waals surface area contributed by atoms with Crippen LogP contribution in [0.1, 0.15) is 42.7 Å². The van der Waals surface area contributed by atoms with E-state index in [0.29, 0.717) is 48.9 Å². The Bertz CT molecular complexity index is 928. The smallest absolute Gasteiger partial charge is 0.335 e. The molecule has 1 unspecified atom stereocenters. The van der Waals surface area contributed by atoms with E-state index in [1.54, 1.807) is 12.1 Å². The van der Waals surface area contributed by atoms with E-state index in [1.807, 2.05) is 24.3 Å². The largest absolute Gasteiger partial charge is 0.466 e. The van der Waals surface area contributed by atoms with Crippen LogP contribution in [-0.2, 0) is 20.7 Å². The molecule has 1 heterocycles. The molecule has 1 aromatic carbocycles. The lowest BCUT2D eigenvalue weighted by Gasteiger charge is -2.26. The van der Waals surface area contributed by atoms with Gasteiger partial charge in [0.05, 0.1) is 12.7 Å². The molecule has 0 bridgehead atoms. The topological polar surface area (TPSA) is 68.3 Å². The number of aromatic nitrogens is 1. The fraction of sp³-hybridized carbons (Fsp3) is 0.318. The second kappa shape index (κ2) is 9.78. The first kappa shape index (κ1) is 21.2. The highest BCUT2D eigenvalue weighted by Crippen LogP contribution is 2.36. The van der Waals surface area contributed by atoms with Gasteiger partial charge >= 0.3 is 5.97 Å².